The lowest BCUT2D eigenvalue weighted by Gasteiger charge is -2.17. The number of ether oxygens (including phenoxy) is 2. The molecule has 2 nitrogen and oxygen atoms in total. The molecule has 0 aliphatic heterocycles. The van der Waals surface area contributed by atoms with Crippen molar-refractivity contribution in [3.8, 4) is 11.5 Å². The van der Waals surface area contributed by atoms with Crippen LogP contribution in [-0.4, -0.2) is 7.11 Å². The number of halogens is 3. The molecular weight excluding hydrogens is 338 g/mol. The normalized spacial score (nSPS) is 12.1. The third-order valence-electron chi connectivity index (χ3n) is 3.86. The molecule has 0 aliphatic rings. The molecular formula is C18H19Cl2FO2. The number of hydrogen-bond acceptors (Lipinski definition) is 2. The van der Waals surface area contributed by atoms with Crippen molar-refractivity contribution < 1.29 is 13.9 Å². The van der Waals surface area contributed by atoms with Crippen LogP contribution >= 0.6 is 23.2 Å². The lowest BCUT2D eigenvalue weighted by atomic mass is 9.97. The summed E-state index contributed by atoms with van der Waals surface area (Å²) >= 11 is 12.2. The number of hydrogen-bond donors (Lipinski definition) is 0. The van der Waals surface area contributed by atoms with E-state index < -0.39 is 5.82 Å². The van der Waals surface area contributed by atoms with Crippen molar-refractivity contribution in [2.75, 3.05) is 7.11 Å². The van der Waals surface area contributed by atoms with Gasteiger partial charge in [-0.05, 0) is 30.5 Å². The molecule has 0 spiro atoms. The minimum absolute atomic E-state index is 0.0846. The topological polar surface area (TPSA) is 18.5 Å². The van der Waals surface area contributed by atoms with E-state index in [-0.39, 0.29) is 18.3 Å². The Morgan fingerprint density at radius 1 is 1.13 bits per heavy atom. The molecule has 0 bridgehead atoms. The third-order valence-corrected chi connectivity index (χ3v) is 4.57. The Kier molecular flexibility index (Phi) is 6.14. The average molecular weight is 357 g/mol. The Morgan fingerprint density at radius 2 is 1.78 bits per heavy atom. The van der Waals surface area contributed by atoms with Crippen LogP contribution in [0.2, 0.25) is 10.0 Å². The molecule has 2 aromatic rings. The molecule has 1 atom stereocenters. The smallest absolute Gasteiger partial charge is 0.165 e. The minimum atomic E-state index is -0.427. The predicted molar refractivity (Wildman–Crippen MR) is 92.5 cm³/mol. The first-order valence-electron chi connectivity index (χ1n) is 7.41. The molecule has 1 unspecified atom stereocenters. The first-order chi connectivity index (χ1) is 11.0. The standard InChI is InChI=1S/C18H19Cl2FO2/c1-4-11(2)12-8-16(21)18(9-17(12)22-3)23-10-13-14(19)6-5-7-15(13)20/h5-9,11H,4,10H2,1-3H3. The van der Waals surface area contributed by atoms with Crippen LogP contribution in [0.3, 0.4) is 0 Å². The van der Waals surface area contributed by atoms with E-state index in [0.717, 1.165) is 12.0 Å². The van der Waals surface area contributed by atoms with Crippen LogP contribution < -0.4 is 9.47 Å². The molecule has 124 valence electrons. The zero-order chi connectivity index (χ0) is 17.0. The second-order valence-corrected chi connectivity index (χ2v) is 6.14. The molecule has 2 aromatic carbocycles. The van der Waals surface area contributed by atoms with Gasteiger partial charge in [0.15, 0.2) is 11.6 Å². The van der Waals surface area contributed by atoms with Gasteiger partial charge in [0.25, 0.3) is 0 Å². The summed E-state index contributed by atoms with van der Waals surface area (Å²) in [7, 11) is 1.56. The molecule has 0 aliphatic carbocycles. The lowest BCUT2D eigenvalue weighted by Crippen LogP contribution is -2.03. The molecule has 5 heteroatoms. The van der Waals surface area contributed by atoms with Crippen LogP contribution in [0.25, 0.3) is 0 Å². The van der Waals surface area contributed by atoms with Gasteiger partial charge in [0.05, 0.1) is 7.11 Å². The fraction of sp³-hybridized carbons (Fsp3) is 0.333. The van der Waals surface area contributed by atoms with Crippen LogP contribution in [0.5, 0.6) is 11.5 Å². The Bertz CT molecular complexity index is 669. The maximum absolute atomic E-state index is 14.3. The van der Waals surface area contributed by atoms with Crippen LogP contribution in [0.4, 0.5) is 4.39 Å². The quantitative estimate of drug-likeness (QED) is 0.610. The predicted octanol–water partition coefficient (Wildman–Crippen LogP) is 6.23. The molecule has 23 heavy (non-hydrogen) atoms. The average Bonchev–Trinajstić information content (AvgIpc) is 2.54. The van der Waals surface area contributed by atoms with E-state index in [1.54, 1.807) is 31.4 Å². The fourth-order valence-corrected chi connectivity index (χ4v) is 2.77. The first-order valence-corrected chi connectivity index (χ1v) is 8.16. The van der Waals surface area contributed by atoms with E-state index in [4.69, 9.17) is 32.7 Å². The van der Waals surface area contributed by atoms with E-state index >= 15 is 0 Å². The Hall–Kier alpha value is -1.45. The molecule has 0 N–H and O–H groups in total. The fourth-order valence-electron chi connectivity index (χ4n) is 2.26. The van der Waals surface area contributed by atoms with E-state index in [9.17, 15) is 4.39 Å². The summed E-state index contributed by atoms with van der Waals surface area (Å²) in [6.45, 7) is 4.16. The van der Waals surface area contributed by atoms with E-state index in [2.05, 4.69) is 0 Å². The van der Waals surface area contributed by atoms with Gasteiger partial charge in [-0.1, -0.05) is 43.1 Å². The lowest BCUT2D eigenvalue weighted by molar-refractivity contribution is 0.287. The SMILES string of the molecule is CCC(C)c1cc(F)c(OCc2c(Cl)cccc2Cl)cc1OC. The van der Waals surface area contributed by atoms with Gasteiger partial charge in [0.2, 0.25) is 0 Å². The van der Waals surface area contributed by atoms with Gasteiger partial charge in [-0.3, -0.25) is 0 Å². The highest BCUT2D eigenvalue weighted by molar-refractivity contribution is 6.35. The van der Waals surface area contributed by atoms with Gasteiger partial charge in [-0.15, -0.1) is 0 Å². The molecule has 0 fully saturated rings. The zero-order valence-corrected chi connectivity index (χ0v) is 14.8. The van der Waals surface area contributed by atoms with Gasteiger partial charge in [-0.2, -0.15) is 0 Å². The number of methoxy groups -OCH3 is 1. The second-order valence-electron chi connectivity index (χ2n) is 5.32. The highest BCUT2D eigenvalue weighted by Gasteiger charge is 2.16. The second kappa shape index (κ2) is 7.89. The Balaban J connectivity index is 2.27. The van der Waals surface area contributed by atoms with Crippen molar-refractivity contribution >= 4 is 23.2 Å². The third kappa shape index (κ3) is 4.10. The summed E-state index contributed by atoms with van der Waals surface area (Å²) in [6, 6.07) is 8.22. The van der Waals surface area contributed by atoms with Crippen molar-refractivity contribution in [1.82, 2.24) is 0 Å². The number of benzene rings is 2. The van der Waals surface area contributed by atoms with Crippen LogP contribution in [0.1, 0.15) is 37.3 Å². The monoisotopic (exact) mass is 356 g/mol. The van der Waals surface area contributed by atoms with Crippen molar-refractivity contribution in [3.63, 3.8) is 0 Å². The molecule has 0 aromatic heterocycles. The summed E-state index contributed by atoms with van der Waals surface area (Å²) < 4.78 is 25.3. The Morgan fingerprint density at radius 3 is 2.35 bits per heavy atom. The van der Waals surface area contributed by atoms with Gasteiger partial charge in [0, 0.05) is 27.2 Å². The summed E-state index contributed by atoms with van der Waals surface area (Å²) in [4.78, 5) is 0. The molecule has 0 radical (unpaired) electrons. The first kappa shape index (κ1) is 17.9. The van der Waals surface area contributed by atoms with Gasteiger partial charge >= 0.3 is 0 Å². The summed E-state index contributed by atoms with van der Waals surface area (Å²) in [5.74, 6) is 0.502. The van der Waals surface area contributed by atoms with E-state index in [0.29, 0.717) is 21.4 Å². The molecule has 0 heterocycles. The summed E-state index contributed by atoms with van der Waals surface area (Å²) in [5, 5.41) is 0.974. The van der Waals surface area contributed by atoms with E-state index in [1.165, 1.54) is 6.07 Å². The van der Waals surface area contributed by atoms with Crippen LogP contribution in [0, 0.1) is 5.82 Å². The van der Waals surface area contributed by atoms with Crippen molar-refractivity contribution in [3.05, 3.63) is 57.3 Å². The highest BCUT2D eigenvalue weighted by Crippen LogP contribution is 2.35. The highest BCUT2D eigenvalue weighted by atomic mass is 35.5. The maximum atomic E-state index is 14.3. The van der Waals surface area contributed by atoms with Gasteiger partial charge in [0.1, 0.15) is 12.4 Å². The largest absolute Gasteiger partial charge is 0.496 e. The van der Waals surface area contributed by atoms with E-state index in [1.807, 2.05) is 13.8 Å². The minimum Gasteiger partial charge on any atom is -0.496 e. The zero-order valence-electron chi connectivity index (χ0n) is 13.3. The molecule has 0 amide bonds. The van der Waals surface area contributed by atoms with Crippen LogP contribution in [-0.2, 0) is 6.61 Å². The van der Waals surface area contributed by atoms with Crippen molar-refractivity contribution in [2.45, 2.75) is 32.8 Å². The summed E-state index contributed by atoms with van der Waals surface area (Å²) in [5.41, 5.74) is 1.45. The molecule has 0 saturated carbocycles. The molecule has 0 saturated heterocycles. The Labute approximate surface area is 146 Å². The number of rotatable bonds is 6. The van der Waals surface area contributed by atoms with Gasteiger partial charge in [-0.25, -0.2) is 4.39 Å². The van der Waals surface area contributed by atoms with Gasteiger partial charge < -0.3 is 9.47 Å². The summed E-state index contributed by atoms with van der Waals surface area (Å²) in [6.07, 6.45) is 0.894. The van der Waals surface area contributed by atoms with Crippen molar-refractivity contribution in [2.24, 2.45) is 0 Å². The van der Waals surface area contributed by atoms with Crippen LogP contribution in [0.15, 0.2) is 30.3 Å². The van der Waals surface area contributed by atoms with Crippen molar-refractivity contribution in [1.29, 1.82) is 0 Å². The maximum Gasteiger partial charge on any atom is 0.165 e. The molecule has 2 rings (SSSR count).